The molecule has 29 heavy (non-hydrogen) atoms. The molecule has 0 atom stereocenters. The van der Waals surface area contributed by atoms with Crippen molar-refractivity contribution >= 4 is 27.5 Å². The molecule has 0 aliphatic carbocycles. The Morgan fingerprint density at radius 2 is 1.72 bits per heavy atom. The third-order valence-corrected chi connectivity index (χ3v) is 6.04. The summed E-state index contributed by atoms with van der Waals surface area (Å²) in [5, 5.41) is 1.13. The van der Waals surface area contributed by atoms with E-state index < -0.39 is 21.5 Å². The van der Waals surface area contributed by atoms with Gasteiger partial charge < -0.3 is 4.90 Å². The van der Waals surface area contributed by atoms with Crippen LogP contribution in [-0.4, -0.2) is 37.3 Å². The molecule has 1 heterocycles. The average molecular weight is 416 g/mol. The van der Waals surface area contributed by atoms with Crippen molar-refractivity contribution in [2.45, 2.75) is 44.6 Å². The minimum atomic E-state index is -4.00. The van der Waals surface area contributed by atoms with Gasteiger partial charge in [-0.05, 0) is 63.1 Å². The van der Waals surface area contributed by atoms with Crippen LogP contribution in [0.15, 0.2) is 53.4 Å². The molecule has 0 aromatic heterocycles. The molecule has 2 aromatic rings. The van der Waals surface area contributed by atoms with Crippen molar-refractivity contribution in [1.82, 2.24) is 9.84 Å². The lowest BCUT2D eigenvalue weighted by molar-refractivity contribution is -0.116. The average Bonchev–Trinajstić information content (AvgIpc) is 3.09. The lowest BCUT2D eigenvalue weighted by Crippen LogP contribution is -2.55. The molecule has 0 spiro atoms. The highest BCUT2D eigenvalue weighted by Gasteiger charge is 2.33. The normalized spacial score (nSPS) is 13.9. The predicted octanol–water partition coefficient (Wildman–Crippen LogP) is 2.73. The zero-order valence-corrected chi connectivity index (χ0v) is 17.8. The highest BCUT2D eigenvalue weighted by Crippen LogP contribution is 2.30. The molecule has 7 nitrogen and oxygen atoms in total. The van der Waals surface area contributed by atoms with Gasteiger partial charge in [-0.3, -0.25) is 14.6 Å². The van der Waals surface area contributed by atoms with E-state index in [-0.39, 0.29) is 10.8 Å². The molecule has 1 aliphatic rings. The Morgan fingerprint density at radius 3 is 2.31 bits per heavy atom. The zero-order chi connectivity index (χ0) is 21.4. The predicted molar refractivity (Wildman–Crippen MR) is 111 cm³/mol. The van der Waals surface area contributed by atoms with Crippen molar-refractivity contribution in [3.8, 4) is 0 Å². The maximum Gasteiger partial charge on any atom is 0.269 e. The minimum absolute atomic E-state index is 0.0526. The van der Waals surface area contributed by atoms with E-state index in [4.69, 9.17) is 0 Å². The summed E-state index contributed by atoms with van der Waals surface area (Å²) in [5.41, 5.74) is 1.11. The smallest absolute Gasteiger partial charge is 0.269 e. The highest BCUT2D eigenvalue weighted by molar-refractivity contribution is 7.89. The zero-order valence-electron chi connectivity index (χ0n) is 17.0. The number of nitrogens with zero attached hydrogens (tertiary/aromatic N) is 2. The number of amides is 2. The summed E-state index contributed by atoms with van der Waals surface area (Å²) in [5.74, 6) is -0.518. The van der Waals surface area contributed by atoms with Gasteiger partial charge in [-0.15, -0.1) is 4.83 Å². The van der Waals surface area contributed by atoms with E-state index in [2.05, 4.69) is 4.83 Å². The molecule has 0 bridgehead atoms. The summed E-state index contributed by atoms with van der Waals surface area (Å²) in [6.45, 7) is 7.28. The fourth-order valence-corrected chi connectivity index (χ4v) is 4.49. The molecule has 8 heteroatoms. The first-order valence-electron chi connectivity index (χ1n) is 9.34. The van der Waals surface area contributed by atoms with Gasteiger partial charge in [0.2, 0.25) is 5.91 Å². The van der Waals surface area contributed by atoms with E-state index in [0.717, 1.165) is 16.3 Å². The first kappa shape index (κ1) is 21.0. The van der Waals surface area contributed by atoms with Crippen molar-refractivity contribution < 1.29 is 18.0 Å². The fourth-order valence-electron chi connectivity index (χ4n) is 3.24. The standard InChI is InChI=1S/C21H25N3O4S/c1-15(25)23-13-12-17-14-18(10-11-19(17)23)29(27,28)22-24(21(2,3)4)20(26)16-8-6-5-7-9-16/h5-11,14,22H,12-13H2,1-4H3. The van der Waals surface area contributed by atoms with Crippen molar-refractivity contribution in [3.05, 3.63) is 59.7 Å². The number of hydrogen-bond donors (Lipinski definition) is 1. The number of fused-ring (bicyclic) bond motifs is 1. The highest BCUT2D eigenvalue weighted by atomic mass is 32.2. The van der Waals surface area contributed by atoms with Crippen LogP contribution < -0.4 is 9.73 Å². The van der Waals surface area contributed by atoms with Crippen molar-refractivity contribution in [2.75, 3.05) is 11.4 Å². The van der Waals surface area contributed by atoms with E-state index in [1.165, 1.54) is 13.0 Å². The summed E-state index contributed by atoms with van der Waals surface area (Å²) >= 11 is 0. The number of hydrogen-bond acceptors (Lipinski definition) is 4. The number of benzene rings is 2. The van der Waals surface area contributed by atoms with E-state index in [9.17, 15) is 18.0 Å². The molecule has 1 N–H and O–H groups in total. The van der Waals surface area contributed by atoms with Crippen molar-refractivity contribution in [1.29, 1.82) is 0 Å². The minimum Gasteiger partial charge on any atom is -0.312 e. The number of anilines is 1. The van der Waals surface area contributed by atoms with Crippen LogP contribution in [0, 0.1) is 0 Å². The molecule has 0 saturated heterocycles. The van der Waals surface area contributed by atoms with Gasteiger partial charge in [0.15, 0.2) is 0 Å². The third kappa shape index (κ3) is 4.33. The number of rotatable bonds is 4. The van der Waals surface area contributed by atoms with Gasteiger partial charge in [-0.2, -0.15) is 0 Å². The van der Waals surface area contributed by atoms with Crippen LogP contribution >= 0.6 is 0 Å². The molecular weight excluding hydrogens is 390 g/mol. The fraction of sp³-hybridized carbons (Fsp3) is 0.333. The Hall–Kier alpha value is -2.71. The van der Waals surface area contributed by atoms with Gasteiger partial charge >= 0.3 is 0 Å². The molecule has 154 valence electrons. The van der Waals surface area contributed by atoms with Gasteiger partial charge in [0.25, 0.3) is 15.9 Å². The molecule has 2 amide bonds. The van der Waals surface area contributed by atoms with E-state index >= 15 is 0 Å². The maximum atomic E-state index is 13.1. The molecular formula is C21H25N3O4S. The Bertz CT molecular complexity index is 1040. The summed E-state index contributed by atoms with van der Waals surface area (Å²) in [4.78, 5) is 28.8. The van der Waals surface area contributed by atoms with Crippen molar-refractivity contribution in [3.63, 3.8) is 0 Å². The summed E-state index contributed by atoms with van der Waals surface area (Å²) in [6, 6.07) is 13.2. The van der Waals surface area contributed by atoms with Crippen LogP contribution in [0.4, 0.5) is 5.69 Å². The van der Waals surface area contributed by atoms with Crippen LogP contribution in [0.1, 0.15) is 43.6 Å². The summed E-state index contributed by atoms with van der Waals surface area (Å²) in [7, 11) is -4.00. The van der Waals surface area contributed by atoms with E-state index in [1.54, 1.807) is 68.1 Å². The van der Waals surface area contributed by atoms with Crippen LogP contribution in [0.2, 0.25) is 0 Å². The Kier molecular flexibility index (Phi) is 5.51. The largest absolute Gasteiger partial charge is 0.312 e. The van der Waals surface area contributed by atoms with Crippen LogP contribution in [0.3, 0.4) is 0 Å². The Labute approximate surface area is 171 Å². The van der Waals surface area contributed by atoms with Crippen LogP contribution in [0.25, 0.3) is 0 Å². The van der Waals surface area contributed by atoms with Gasteiger partial charge in [-0.25, -0.2) is 8.42 Å². The van der Waals surface area contributed by atoms with E-state index in [1.807, 2.05) is 0 Å². The SMILES string of the molecule is CC(=O)N1CCc2cc(S(=O)(=O)NN(C(=O)c3ccccc3)C(C)(C)C)ccc21. The topological polar surface area (TPSA) is 86.8 Å². The number of nitrogens with one attached hydrogen (secondary N) is 1. The first-order valence-corrected chi connectivity index (χ1v) is 10.8. The molecule has 2 aromatic carbocycles. The monoisotopic (exact) mass is 415 g/mol. The van der Waals surface area contributed by atoms with Crippen molar-refractivity contribution in [2.24, 2.45) is 0 Å². The Morgan fingerprint density at radius 1 is 1.07 bits per heavy atom. The number of sulfonamides is 1. The second-order valence-corrected chi connectivity index (χ2v) is 9.64. The van der Waals surface area contributed by atoms with Gasteiger partial charge in [0, 0.05) is 24.7 Å². The third-order valence-electron chi connectivity index (χ3n) is 4.74. The second-order valence-electron chi connectivity index (χ2n) is 7.98. The first-order chi connectivity index (χ1) is 13.5. The summed E-state index contributed by atoms with van der Waals surface area (Å²) in [6.07, 6.45) is 0.588. The molecule has 0 unspecified atom stereocenters. The number of carbonyl (C=O) groups excluding carboxylic acids is 2. The Balaban J connectivity index is 1.92. The lowest BCUT2D eigenvalue weighted by Gasteiger charge is -2.35. The molecule has 0 fully saturated rings. The molecule has 0 radical (unpaired) electrons. The number of hydrazine groups is 1. The van der Waals surface area contributed by atoms with Gasteiger partial charge in [-0.1, -0.05) is 18.2 Å². The quantitative estimate of drug-likeness (QED) is 0.778. The number of carbonyl (C=O) groups is 2. The second kappa shape index (κ2) is 7.61. The van der Waals surface area contributed by atoms with Crippen LogP contribution in [-0.2, 0) is 21.2 Å². The van der Waals surface area contributed by atoms with Crippen LogP contribution in [0.5, 0.6) is 0 Å². The van der Waals surface area contributed by atoms with Gasteiger partial charge in [0.1, 0.15) is 0 Å². The molecule has 0 saturated carbocycles. The summed E-state index contributed by atoms with van der Waals surface area (Å²) < 4.78 is 26.1. The molecule has 1 aliphatic heterocycles. The maximum absolute atomic E-state index is 13.1. The van der Waals surface area contributed by atoms with Gasteiger partial charge in [0.05, 0.1) is 10.4 Å². The molecule has 3 rings (SSSR count). The van der Waals surface area contributed by atoms with E-state index in [0.29, 0.717) is 18.5 Å². The lowest BCUT2D eigenvalue weighted by atomic mass is 10.1.